The second kappa shape index (κ2) is 6.72. The number of carbonyl (C=O) groups is 1. The highest BCUT2D eigenvalue weighted by molar-refractivity contribution is 5.93. The Morgan fingerprint density at radius 2 is 2.05 bits per heavy atom. The number of hydrogen-bond acceptors (Lipinski definition) is 4. The first-order valence-corrected chi connectivity index (χ1v) is 7.15. The SMILES string of the molecule is CNC(=O)c1ccc(CNCC(C)(O)c2cnn(C)c2)cc1. The smallest absolute Gasteiger partial charge is 0.251 e. The second-order valence-electron chi connectivity index (χ2n) is 5.56. The molecule has 6 heteroatoms. The number of aryl methyl sites for hydroxylation is 1. The Labute approximate surface area is 130 Å². The van der Waals surface area contributed by atoms with Crippen LogP contribution in [0, 0.1) is 0 Å². The van der Waals surface area contributed by atoms with Crippen molar-refractivity contribution in [1.29, 1.82) is 0 Å². The van der Waals surface area contributed by atoms with Crippen LogP contribution < -0.4 is 10.6 Å². The van der Waals surface area contributed by atoms with Crippen LogP contribution in [0.1, 0.15) is 28.4 Å². The van der Waals surface area contributed by atoms with E-state index in [2.05, 4.69) is 15.7 Å². The Hall–Kier alpha value is -2.18. The van der Waals surface area contributed by atoms with Crippen LogP contribution in [0.2, 0.25) is 0 Å². The zero-order valence-corrected chi connectivity index (χ0v) is 13.1. The molecule has 0 saturated carbocycles. The van der Waals surface area contributed by atoms with Crippen molar-refractivity contribution in [2.24, 2.45) is 7.05 Å². The number of rotatable bonds is 6. The predicted molar refractivity (Wildman–Crippen MR) is 84.3 cm³/mol. The summed E-state index contributed by atoms with van der Waals surface area (Å²) in [4.78, 5) is 11.5. The van der Waals surface area contributed by atoms with Gasteiger partial charge in [0, 0.05) is 44.5 Å². The molecule has 3 N–H and O–H groups in total. The summed E-state index contributed by atoms with van der Waals surface area (Å²) < 4.78 is 1.67. The predicted octanol–water partition coefficient (Wildman–Crippen LogP) is 0.777. The fraction of sp³-hybridized carbons (Fsp3) is 0.375. The molecule has 2 rings (SSSR count). The lowest BCUT2D eigenvalue weighted by molar-refractivity contribution is 0.0566. The van der Waals surface area contributed by atoms with E-state index < -0.39 is 5.60 Å². The number of benzene rings is 1. The van der Waals surface area contributed by atoms with E-state index in [1.165, 1.54) is 0 Å². The molecule has 118 valence electrons. The first kappa shape index (κ1) is 16.2. The maximum Gasteiger partial charge on any atom is 0.251 e. The third-order valence-corrected chi connectivity index (χ3v) is 3.57. The molecule has 6 nitrogen and oxygen atoms in total. The van der Waals surface area contributed by atoms with Crippen molar-refractivity contribution in [3.8, 4) is 0 Å². The molecule has 1 heterocycles. The minimum atomic E-state index is -0.976. The Balaban J connectivity index is 1.89. The number of carbonyl (C=O) groups excluding carboxylic acids is 1. The number of hydrogen-bond donors (Lipinski definition) is 3. The summed E-state index contributed by atoms with van der Waals surface area (Å²) in [7, 11) is 3.43. The van der Waals surface area contributed by atoms with E-state index in [1.807, 2.05) is 19.2 Å². The quantitative estimate of drug-likeness (QED) is 0.737. The number of nitrogens with zero attached hydrogens (tertiary/aromatic N) is 2. The van der Waals surface area contributed by atoms with E-state index in [4.69, 9.17) is 0 Å². The lowest BCUT2D eigenvalue weighted by Crippen LogP contribution is -2.34. The van der Waals surface area contributed by atoms with E-state index >= 15 is 0 Å². The zero-order valence-electron chi connectivity index (χ0n) is 13.1. The number of aromatic nitrogens is 2. The molecule has 0 aliphatic heterocycles. The van der Waals surface area contributed by atoms with E-state index in [-0.39, 0.29) is 5.91 Å². The Morgan fingerprint density at radius 3 is 2.59 bits per heavy atom. The third-order valence-electron chi connectivity index (χ3n) is 3.57. The van der Waals surface area contributed by atoms with Gasteiger partial charge < -0.3 is 15.7 Å². The normalized spacial score (nSPS) is 13.6. The molecule has 2 aromatic rings. The van der Waals surface area contributed by atoms with Gasteiger partial charge in [-0.25, -0.2) is 0 Å². The highest BCUT2D eigenvalue weighted by Crippen LogP contribution is 2.18. The zero-order chi connectivity index (χ0) is 16.2. The molecule has 0 bridgehead atoms. The van der Waals surface area contributed by atoms with Crippen molar-refractivity contribution in [3.05, 3.63) is 53.3 Å². The maximum absolute atomic E-state index is 11.5. The number of nitrogens with one attached hydrogen (secondary N) is 2. The molecule has 1 unspecified atom stereocenters. The summed E-state index contributed by atoms with van der Waals surface area (Å²) in [6, 6.07) is 7.37. The first-order valence-electron chi connectivity index (χ1n) is 7.15. The highest BCUT2D eigenvalue weighted by atomic mass is 16.3. The van der Waals surface area contributed by atoms with E-state index in [1.54, 1.807) is 43.2 Å². The van der Waals surface area contributed by atoms with Crippen LogP contribution >= 0.6 is 0 Å². The van der Waals surface area contributed by atoms with Crippen LogP contribution in [0.25, 0.3) is 0 Å². The Bertz CT molecular complexity index is 632. The van der Waals surface area contributed by atoms with Crippen LogP contribution in [-0.2, 0) is 19.2 Å². The third kappa shape index (κ3) is 3.93. The van der Waals surface area contributed by atoms with Gasteiger partial charge >= 0.3 is 0 Å². The van der Waals surface area contributed by atoms with Crippen molar-refractivity contribution in [3.63, 3.8) is 0 Å². The van der Waals surface area contributed by atoms with Crippen LogP contribution in [0.3, 0.4) is 0 Å². The van der Waals surface area contributed by atoms with Gasteiger partial charge in [0.2, 0.25) is 0 Å². The van der Waals surface area contributed by atoms with Crippen LogP contribution in [-0.4, -0.2) is 34.4 Å². The highest BCUT2D eigenvalue weighted by Gasteiger charge is 2.24. The van der Waals surface area contributed by atoms with Gasteiger partial charge in [0.05, 0.1) is 6.20 Å². The molecule has 0 aliphatic carbocycles. The van der Waals surface area contributed by atoms with E-state index in [0.717, 1.165) is 11.1 Å². The van der Waals surface area contributed by atoms with Gasteiger partial charge in [-0.2, -0.15) is 5.10 Å². The van der Waals surface area contributed by atoms with E-state index in [0.29, 0.717) is 18.7 Å². The molecular weight excluding hydrogens is 280 g/mol. The second-order valence-corrected chi connectivity index (χ2v) is 5.56. The van der Waals surface area contributed by atoms with Gasteiger partial charge in [0.15, 0.2) is 0 Å². The van der Waals surface area contributed by atoms with Gasteiger partial charge in [-0.05, 0) is 24.6 Å². The summed E-state index contributed by atoms with van der Waals surface area (Å²) in [6.45, 7) is 2.78. The lowest BCUT2D eigenvalue weighted by Gasteiger charge is -2.22. The van der Waals surface area contributed by atoms with Crippen LogP contribution in [0.15, 0.2) is 36.7 Å². The molecule has 1 amide bonds. The van der Waals surface area contributed by atoms with Crippen molar-refractivity contribution in [2.45, 2.75) is 19.1 Å². The van der Waals surface area contributed by atoms with E-state index in [9.17, 15) is 9.90 Å². The summed E-state index contributed by atoms with van der Waals surface area (Å²) in [5, 5.41) is 20.3. The molecule has 1 aromatic heterocycles. The molecule has 22 heavy (non-hydrogen) atoms. The minimum absolute atomic E-state index is 0.0981. The molecule has 0 radical (unpaired) electrons. The Morgan fingerprint density at radius 1 is 1.36 bits per heavy atom. The minimum Gasteiger partial charge on any atom is -0.384 e. The van der Waals surface area contributed by atoms with Crippen molar-refractivity contribution in [1.82, 2.24) is 20.4 Å². The molecule has 1 aromatic carbocycles. The summed E-state index contributed by atoms with van der Waals surface area (Å²) in [6.07, 6.45) is 3.47. The van der Waals surface area contributed by atoms with Gasteiger partial charge in [-0.1, -0.05) is 12.1 Å². The van der Waals surface area contributed by atoms with Crippen molar-refractivity contribution < 1.29 is 9.90 Å². The average molecular weight is 302 g/mol. The lowest BCUT2D eigenvalue weighted by atomic mass is 9.99. The topological polar surface area (TPSA) is 79.2 Å². The van der Waals surface area contributed by atoms with Gasteiger partial charge in [0.25, 0.3) is 5.91 Å². The molecule has 1 atom stereocenters. The Kier molecular flexibility index (Phi) is 4.95. The van der Waals surface area contributed by atoms with Crippen molar-refractivity contribution >= 4 is 5.91 Å². The fourth-order valence-corrected chi connectivity index (χ4v) is 2.17. The van der Waals surface area contributed by atoms with Crippen LogP contribution in [0.5, 0.6) is 0 Å². The van der Waals surface area contributed by atoms with Gasteiger partial charge in [0.1, 0.15) is 5.60 Å². The molecule has 0 saturated heterocycles. The molecule has 0 aliphatic rings. The standard InChI is InChI=1S/C16H22N4O2/c1-16(22,14-9-19-20(3)10-14)11-18-8-12-4-6-13(7-5-12)15(21)17-2/h4-7,9-10,18,22H,8,11H2,1-3H3,(H,17,21). The largest absolute Gasteiger partial charge is 0.384 e. The number of aliphatic hydroxyl groups is 1. The summed E-state index contributed by atoms with van der Waals surface area (Å²) in [5.74, 6) is -0.0981. The molecule has 0 fully saturated rings. The maximum atomic E-state index is 11.5. The average Bonchev–Trinajstić information content (AvgIpc) is 2.94. The summed E-state index contributed by atoms with van der Waals surface area (Å²) >= 11 is 0. The van der Waals surface area contributed by atoms with Gasteiger partial charge in [-0.3, -0.25) is 9.48 Å². The number of amides is 1. The monoisotopic (exact) mass is 302 g/mol. The molecular formula is C16H22N4O2. The first-order chi connectivity index (χ1) is 10.4. The summed E-state index contributed by atoms with van der Waals surface area (Å²) in [5.41, 5.74) is 1.48. The fourth-order valence-electron chi connectivity index (χ4n) is 2.17. The molecule has 0 spiro atoms. The van der Waals surface area contributed by atoms with Crippen LogP contribution in [0.4, 0.5) is 0 Å². The van der Waals surface area contributed by atoms with Gasteiger partial charge in [-0.15, -0.1) is 0 Å². The van der Waals surface area contributed by atoms with Crippen molar-refractivity contribution in [2.75, 3.05) is 13.6 Å².